The van der Waals surface area contributed by atoms with Crippen LogP contribution in [0.1, 0.15) is 28.4 Å². The van der Waals surface area contributed by atoms with E-state index < -0.39 is 0 Å². The molecule has 3 aromatic rings. The SMILES string of the molecule is Cc1cc2c3c(c1)c1c(n3CC(c3ccccc3)N2C)CCN(C)C1. The number of hydrogen-bond donors (Lipinski definition) is 0. The minimum absolute atomic E-state index is 0.398. The summed E-state index contributed by atoms with van der Waals surface area (Å²) in [6, 6.07) is 16.1. The smallest absolute Gasteiger partial charge is 0.0724 e. The first-order valence-corrected chi connectivity index (χ1v) is 9.24. The molecule has 2 aromatic carbocycles. The van der Waals surface area contributed by atoms with Crippen LogP contribution in [0.3, 0.4) is 0 Å². The Hall–Kier alpha value is -2.26. The predicted molar refractivity (Wildman–Crippen MR) is 104 cm³/mol. The highest BCUT2D eigenvalue weighted by Gasteiger charge is 2.32. The van der Waals surface area contributed by atoms with Crippen molar-refractivity contribution in [3.8, 4) is 0 Å². The maximum absolute atomic E-state index is 2.63. The van der Waals surface area contributed by atoms with Crippen molar-refractivity contribution >= 4 is 16.6 Å². The van der Waals surface area contributed by atoms with Crippen LogP contribution in [0.25, 0.3) is 10.9 Å². The van der Waals surface area contributed by atoms with Gasteiger partial charge < -0.3 is 14.4 Å². The predicted octanol–water partition coefficient (Wildman–Crippen LogP) is 4.13. The summed E-state index contributed by atoms with van der Waals surface area (Å²) in [6.45, 7) is 5.50. The molecule has 3 nitrogen and oxygen atoms in total. The maximum Gasteiger partial charge on any atom is 0.0724 e. The molecule has 1 aromatic heterocycles. The molecular formula is C22H25N3. The van der Waals surface area contributed by atoms with Crippen LogP contribution in [0, 0.1) is 6.92 Å². The number of rotatable bonds is 1. The average molecular weight is 331 g/mol. The molecule has 128 valence electrons. The molecular weight excluding hydrogens is 306 g/mol. The van der Waals surface area contributed by atoms with Gasteiger partial charge in [0.05, 0.1) is 17.2 Å². The minimum atomic E-state index is 0.398. The molecule has 1 unspecified atom stereocenters. The molecule has 3 heteroatoms. The van der Waals surface area contributed by atoms with E-state index >= 15 is 0 Å². The van der Waals surface area contributed by atoms with Crippen molar-refractivity contribution in [2.45, 2.75) is 32.5 Å². The van der Waals surface area contributed by atoms with Gasteiger partial charge in [-0.1, -0.05) is 30.3 Å². The monoisotopic (exact) mass is 331 g/mol. The van der Waals surface area contributed by atoms with Crippen molar-refractivity contribution in [2.24, 2.45) is 0 Å². The Morgan fingerprint density at radius 3 is 2.64 bits per heavy atom. The largest absolute Gasteiger partial charge is 0.364 e. The van der Waals surface area contributed by atoms with Gasteiger partial charge in [-0.05, 0) is 42.8 Å². The first kappa shape index (κ1) is 15.0. The molecule has 25 heavy (non-hydrogen) atoms. The third-order valence-electron chi connectivity index (χ3n) is 6.05. The lowest BCUT2D eigenvalue weighted by molar-refractivity contribution is 0.308. The fourth-order valence-electron chi connectivity index (χ4n) is 4.77. The summed E-state index contributed by atoms with van der Waals surface area (Å²) in [5.41, 5.74) is 8.70. The standard InChI is InChI=1S/C22H25N3/c1-15-11-17-18-13-23(2)10-9-19(18)25-14-21(16-7-5-4-6-8-16)24(3)20(12-15)22(17)25/h4-8,11-12,21H,9-10,13-14H2,1-3H3. The van der Waals surface area contributed by atoms with Gasteiger partial charge in [0.15, 0.2) is 0 Å². The average Bonchev–Trinajstić information content (AvgIpc) is 2.92. The number of aromatic nitrogens is 1. The van der Waals surface area contributed by atoms with E-state index in [1.54, 1.807) is 11.3 Å². The van der Waals surface area contributed by atoms with Gasteiger partial charge in [0.1, 0.15) is 0 Å². The normalized spacial score (nSPS) is 20.1. The van der Waals surface area contributed by atoms with Gasteiger partial charge in [0.25, 0.3) is 0 Å². The summed E-state index contributed by atoms with van der Waals surface area (Å²) in [4.78, 5) is 4.93. The third kappa shape index (κ3) is 2.15. The highest BCUT2D eigenvalue weighted by Crippen LogP contribution is 2.43. The number of fused-ring (bicyclic) bond motifs is 3. The van der Waals surface area contributed by atoms with Crippen LogP contribution in [-0.4, -0.2) is 30.1 Å². The second-order valence-electron chi connectivity index (χ2n) is 7.74. The Balaban J connectivity index is 1.76. The lowest BCUT2D eigenvalue weighted by Gasteiger charge is -2.37. The van der Waals surface area contributed by atoms with E-state index in [0.29, 0.717) is 6.04 Å². The molecule has 0 amide bonds. The zero-order valence-electron chi connectivity index (χ0n) is 15.3. The van der Waals surface area contributed by atoms with Crippen molar-refractivity contribution < 1.29 is 0 Å². The Kier molecular flexibility index (Phi) is 3.23. The molecule has 0 N–H and O–H groups in total. The highest BCUT2D eigenvalue weighted by molar-refractivity contribution is 5.97. The minimum Gasteiger partial charge on any atom is -0.364 e. The maximum atomic E-state index is 2.63. The number of benzene rings is 2. The third-order valence-corrected chi connectivity index (χ3v) is 6.05. The second-order valence-corrected chi connectivity index (χ2v) is 7.74. The van der Waals surface area contributed by atoms with E-state index in [0.717, 1.165) is 26.1 Å². The Morgan fingerprint density at radius 2 is 1.84 bits per heavy atom. The van der Waals surface area contributed by atoms with Crippen LogP contribution in [0.4, 0.5) is 5.69 Å². The quantitative estimate of drug-likeness (QED) is 0.664. The molecule has 3 heterocycles. The van der Waals surface area contributed by atoms with Gasteiger partial charge in [-0.15, -0.1) is 0 Å². The van der Waals surface area contributed by atoms with E-state index in [2.05, 4.69) is 77.9 Å². The Bertz CT molecular complexity index is 955. The molecule has 0 saturated heterocycles. The molecule has 0 bridgehead atoms. The van der Waals surface area contributed by atoms with Gasteiger partial charge in [-0.2, -0.15) is 0 Å². The van der Waals surface area contributed by atoms with E-state index in [9.17, 15) is 0 Å². The zero-order valence-corrected chi connectivity index (χ0v) is 15.3. The summed E-state index contributed by atoms with van der Waals surface area (Å²) in [5.74, 6) is 0. The fourth-order valence-corrected chi connectivity index (χ4v) is 4.77. The van der Waals surface area contributed by atoms with Crippen LogP contribution in [0.15, 0.2) is 42.5 Å². The molecule has 0 spiro atoms. The molecule has 0 aliphatic carbocycles. The van der Waals surface area contributed by atoms with Crippen molar-refractivity contribution in [3.63, 3.8) is 0 Å². The fraction of sp³-hybridized carbons (Fsp3) is 0.364. The first-order chi connectivity index (χ1) is 12.1. The summed E-state index contributed by atoms with van der Waals surface area (Å²) in [5, 5.41) is 1.47. The zero-order chi connectivity index (χ0) is 17.1. The Labute approximate surface area is 149 Å². The number of hydrogen-bond acceptors (Lipinski definition) is 2. The van der Waals surface area contributed by atoms with Crippen molar-refractivity contribution in [3.05, 3.63) is 64.8 Å². The molecule has 0 radical (unpaired) electrons. The van der Waals surface area contributed by atoms with Crippen molar-refractivity contribution in [1.29, 1.82) is 0 Å². The summed E-state index contributed by atoms with van der Waals surface area (Å²) in [6.07, 6.45) is 1.16. The Morgan fingerprint density at radius 1 is 1.04 bits per heavy atom. The molecule has 2 aliphatic heterocycles. The topological polar surface area (TPSA) is 11.4 Å². The van der Waals surface area contributed by atoms with E-state index in [1.807, 2.05) is 0 Å². The summed E-state index contributed by atoms with van der Waals surface area (Å²) in [7, 11) is 4.49. The van der Waals surface area contributed by atoms with Gasteiger partial charge >= 0.3 is 0 Å². The number of nitrogens with zero attached hydrogens (tertiary/aromatic N) is 3. The molecule has 2 aliphatic rings. The van der Waals surface area contributed by atoms with E-state index in [1.165, 1.54) is 27.7 Å². The second kappa shape index (κ2) is 5.37. The highest BCUT2D eigenvalue weighted by atomic mass is 15.2. The number of anilines is 1. The molecule has 5 rings (SSSR count). The number of likely N-dealkylation sites (N-methyl/N-ethyl adjacent to an activating group) is 2. The van der Waals surface area contributed by atoms with Gasteiger partial charge in [-0.3, -0.25) is 0 Å². The molecule has 1 atom stereocenters. The van der Waals surface area contributed by atoms with Crippen LogP contribution in [0.5, 0.6) is 0 Å². The van der Waals surface area contributed by atoms with Gasteiger partial charge in [-0.25, -0.2) is 0 Å². The summed E-state index contributed by atoms with van der Waals surface area (Å²) < 4.78 is 2.63. The lowest BCUT2D eigenvalue weighted by Crippen LogP contribution is -2.33. The van der Waals surface area contributed by atoms with Crippen molar-refractivity contribution in [2.75, 3.05) is 25.5 Å². The van der Waals surface area contributed by atoms with Crippen LogP contribution < -0.4 is 4.90 Å². The summed E-state index contributed by atoms with van der Waals surface area (Å²) >= 11 is 0. The van der Waals surface area contributed by atoms with Crippen molar-refractivity contribution in [1.82, 2.24) is 9.47 Å². The van der Waals surface area contributed by atoms with Crippen LogP contribution in [-0.2, 0) is 19.5 Å². The van der Waals surface area contributed by atoms with Gasteiger partial charge in [0.2, 0.25) is 0 Å². The molecule has 0 saturated carbocycles. The van der Waals surface area contributed by atoms with E-state index in [-0.39, 0.29) is 0 Å². The first-order valence-electron chi connectivity index (χ1n) is 9.24. The molecule has 0 fully saturated rings. The van der Waals surface area contributed by atoms with Gasteiger partial charge in [0, 0.05) is 44.2 Å². The van der Waals surface area contributed by atoms with Crippen LogP contribution >= 0.6 is 0 Å². The lowest BCUT2D eigenvalue weighted by atomic mass is 10.0. The van der Waals surface area contributed by atoms with E-state index in [4.69, 9.17) is 0 Å². The number of aryl methyl sites for hydroxylation is 1. The van der Waals surface area contributed by atoms with Crippen LogP contribution in [0.2, 0.25) is 0 Å².